The lowest BCUT2D eigenvalue weighted by atomic mass is 10.2. The summed E-state index contributed by atoms with van der Waals surface area (Å²) in [6.45, 7) is 4.19. The quantitative estimate of drug-likeness (QED) is 0.339. The Balaban J connectivity index is 1.61. The van der Waals surface area contributed by atoms with Crippen molar-refractivity contribution in [1.29, 1.82) is 0 Å². The van der Waals surface area contributed by atoms with Crippen molar-refractivity contribution in [2.45, 2.75) is 31.3 Å². The Morgan fingerprint density at radius 2 is 1.72 bits per heavy atom. The summed E-state index contributed by atoms with van der Waals surface area (Å²) in [6.07, 6.45) is 0. The number of rotatable bonds is 7. The Morgan fingerprint density at radius 3 is 2.41 bits per heavy atom. The molecule has 0 spiro atoms. The number of benzene rings is 2. The predicted molar refractivity (Wildman–Crippen MR) is 120 cm³/mol. The van der Waals surface area contributed by atoms with E-state index in [0.29, 0.717) is 28.8 Å². The number of halogens is 1. The fourth-order valence-electron chi connectivity index (χ4n) is 3.15. The Bertz CT molecular complexity index is 1210. The number of hydrogen-bond acceptors (Lipinski definition) is 6. The van der Waals surface area contributed by atoms with E-state index >= 15 is 0 Å². The first-order valence-electron chi connectivity index (χ1n) is 9.97. The van der Waals surface area contributed by atoms with Crippen molar-refractivity contribution in [3.8, 4) is 5.69 Å². The first-order valence-corrected chi connectivity index (χ1v) is 11.0. The van der Waals surface area contributed by atoms with Gasteiger partial charge in [0.15, 0.2) is 10.9 Å². The van der Waals surface area contributed by atoms with Crippen LogP contribution in [0.1, 0.15) is 33.1 Å². The van der Waals surface area contributed by atoms with Crippen LogP contribution in [0, 0.1) is 19.7 Å². The molecule has 0 fully saturated rings. The van der Waals surface area contributed by atoms with E-state index in [4.69, 9.17) is 0 Å². The summed E-state index contributed by atoms with van der Waals surface area (Å²) in [6, 6.07) is 17.4. The number of nitrogens with zero attached hydrogens (tertiary/aromatic N) is 5. The van der Waals surface area contributed by atoms with Gasteiger partial charge in [0.2, 0.25) is 0 Å². The fourth-order valence-corrected chi connectivity index (χ4v) is 4.09. The third-order valence-electron chi connectivity index (χ3n) is 4.65. The molecule has 1 amide bonds. The van der Waals surface area contributed by atoms with Crippen LogP contribution in [0.3, 0.4) is 0 Å². The molecule has 0 saturated heterocycles. The molecule has 0 radical (unpaired) electrons. The standard InChI is InChI=1S/C23H21FN6OS/c1-15-12-16(2)27-23(26-15)32-14-20-21(22(31)25-13-17-6-4-3-5-7-17)28-29-30(20)19-10-8-18(24)9-11-19/h3-12H,13-14H2,1-2H3,(H,25,31). The smallest absolute Gasteiger partial charge is 0.274 e. The molecule has 32 heavy (non-hydrogen) atoms. The normalized spacial score (nSPS) is 10.8. The minimum atomic E-state index is -0.353. The van der Waals surface area contributed by atoms with Crippen molar-refractivity contribution in [1.82, 2.24) is 30.3 Å². The molecular formula is C23H21FN6OS. The van der Waals surface area contributed by atoms with E-state index in [1.165, 1.54) is 23.9 Å². The van der Waals surface area contributed by atoms with Crippen molar-refractivity contribution >= 4 is 17.7 Å². The van der Waals surface area contributed by atoms with Gasteiger partial charge in [0.25, 0.3) is 5.91 Å². The minimum absolute atomic E-state index is 0.210. The van der Waals surface area contributed by atoms with Crippen molar-refractivity contribution < 1.29 is 9.18 Å². The van der Waals surface area contributed by atoms with Crippen LogP contribution < -0.4 is 5.32 Å². The number of carbonyl (C=O) groups is 1. The largest absolute Gasteiger partial charge is 0.347 e. The number of aromatic nitrogens is 5. The van der Waals surface area contributed by atoms with Gasteiger partial charge in [0.1, 0.15) is 5.82 Å². The maximum atomic E-state index is 13.4. The molecular weight excluding hydrogens is 427 g/mol. The van der Waals surface area contributed by atoms with Crippen LogP contribution in [0.4, 0.5) is 4.39 Å². The average molecular weight is 449 g/mol. The van der Waals surface area contributed by atoms with E-state index in [-0.39, 0.29) is 17.4 Å². The van der Waals surface area contributed by atoms with E-state index in [9.17, 15) is 9.18 Å². The molecule has 0 saturated carbocycles. The van der Waals surface area contributed by atoms with Crippen molar-refractivity contribution in [3.63, 3.8) is 0 Å². The van der Waals surface area contributed by atoms with Gasteiger partial charge in [-0.2, -0.15) is 0 Å². The minimum Gasteiger partial charge on any atom is -0.347 e. The zero-order valence-corrected chi connectivity index (χ0v) is 18.4. The van der Waals surface area contributed by atoms with E-state index in [1.807, 2.05) is 50.2 Å². The molecule has 4 rings (SSSR count). The van der Waals surface area contributed by atoms with Gasteiger partial charge in [-0.25, -0.2) is 19.0 Å². The molecule has 0 aliphatic heterocycles. The van der Waals surface area contributed by atoms with Gasteiger partial charge in [0, 0.05) is 23.7 Å². The van der Waals surface area contributed by atoms with E-state index in [2.05, 4.69) is 25.6 Å². The van der Waals surface area contributed by atoms with Crippen LogP contribution in [-0.4, -0.2) is 30.9 Å². The average Bonchev–Trinajstić information content (AvgIpc) is 3.20. The number of aryl methyl sites for hydroxylation is 2. The predicted octanol–water partition coefficient (Wildman–Crippen LogP) is 4.04. The molecule has 9 heteroatoms. The molecule has 0 atom stereocenters. The molecule has 0 bridgehead atoms. The van der Waals surface area contributed by atoms with Crippen LogP contribution in [0.25, 0.3) is 5.69 Å². The van der Waals surface area contributed by atoms with Gasteiger partial charge < -0.3 is 5.32 Å². The molecule has 0 aliphatic rings. The molecule has 162 valence electrons. The summed E-state index contributed by atoms with van der Waals surface area (Å²) >= 11 is 1.39. The Hall–Kier alpha value is -3.59. The molecule has 2 aromatic heterocycles. The van der Waals surface area contributed by atoms with Gasteiger partial charge in [-0.15, -0.1) is 5.10 Å². The summed E-state index contributed by atoms with van der Waals surface area (Å²) < 4.78 is 15.0. The Labute approximate surface area is 189 Å². The monoisotopic (exact) mass is 448 g/mol. The molecule has 2 heterocycles. The molecule has 2 aromatic carbocycles. The summed E-state index contributed by atoms with van der Waals surface area (Å²) in [5.74, 6) is -0.324. The highest BCUT2D eigenvalue weighted by Gasteiger charge is 2.21. The lowest BCUT2D eigenvalue weighted by Crippen LogP contribution is -2.24. The van der Waals surface area contributed by atoms with Gasteiger partial charge in [-0.1, -0.05) is 47.3 Å². The van der Waals surface area contributed by atoms with E-state index < -0.39 is 0 Å². The van der Waals surface area contributed by atoms with Crippen LogP contribution in [0.15, 0.2) is 65.8 Å². The van der Waals surface area contributed by atoms with Crippen LogP contribution >= 0.6 is 11.8 Å². The van der Waals surface area contributed by atoms with Gasteiger partial charge in [-0.3, -0.25) is 4.79 Å². The zero-order valence-electron chi connectivity index (χ0n) is 17.6. The highest BCUT2D eigenvalue weighted by atomic mass is 32.2. The fraction of sp³-hybridized carbons (Fsp3) is 0.174. The lowest BCUT2D eigenvalue weighted by molar-refractivity contribution is 0.0945. The van der Waals surface area contributed by atoms with Crippen molar-refractivity contribution in [2.24, 2.45) is 0 Å². The Morgan fingerprint density at radius 1 is 1.03 bits per heavy atom. The van der Waals surface area contributed by atoms with Gasteiger partial charge in [0.05, 0.1) is 11.4 Å². The Kier molecular flexibility index (Phi) is 6.55. The first-order chi connectivity index (χ1) is 15.5. The molecule has 7 nitrogen and oxygen atoms in total. The van der Waals surface area contributed by atoms with E-state index in [1.54, 1.807) is 16.8 Å². The number of hydrogen-bond donors (Lipinski definition) is 1. The third-order valence-corrected chi connectivity index (χ3v) is 5.50. The van der Waals surface area contributed by atoms with Crippen LogP contribution in [0.5, 0.6) is 0 Å². The molecule has 0 unspecified atom stereocenters. The maximum absolute atomic E-state index is 13.4. The van der Waals surface area contributed by atoms with Crippen molar-refractivity contribution in [3.05, 3.63) is 94.8 Å². The number of carbonyl (C=O) groups excluding carboxylic acids is 1. The summed E-state index contributed by atoms with van der Waals surface area (Å²) in [4.78, 5) is 21.8. The van der Waals surface area contributed by atoms with Crippen LogP contribution in [-0.2, 0) is 12.3 Å². The second kappa shape index (κ2) is 9.69. The van der Waals surface area contributed by atoms with Gasteiger partial charge >= 0.3 is 0 Å². The van der Waals surface area contributed by atoms with Gasteiger partial charge in [-0.05, 0) is 49.7 Å². The van der Waals surface area contributed by atoms with E-state index in [0.717, 1.165) is 17.0 Å². The number of thioether (sulfide) groups is 1. The number of nitrogens with one attached hydrogen (secondary N) is 1. The summed E-state index contributed by atoms with van der Waals surface area (Å²) in [5.41, 5.74) is 4.11. The maximum Gasteiger partial charge on any atom is 0.274 e. The SMILES string of the molecule is Cc1cc(C)nc(SCc2c(C(=O)NCc3ccccc3)nnn2-c2ccc(F)cc2)n1. The molecule has 0 aliphatic carbocycles. The number of amides is 1. The summed E-state index contributed by atoms with van der Waals surface area (Å²) in [5, 5.41) is 11.8. The molecule has 4 aromatic rings. The highest BCUT2D eigenvalue weighted by molar-refractivity contribution is 7.98. The summed E-state index contributed by atoms with van der Waals surface area (Å²) in [7, 11) is 0. The first kappa shape index (κ1) is 21.6. The second-order valence-electron chi connectivity index (χ2n) is 7.16. The third kappa shape index (κ3) is 5.17. The molecule has 1 N–H and O–H groups in total. The topological polar surface area (TPSA) is 85.6 Å². The van der Waals surface area contributed by atoms with Crippen molar-refractivity contribution in [2.75, 3.05) is 0 Å². The lowest BCUT2D eigenvalue weighted by Gasteiger charge is -2.09. The van der Waals surface area contributed by atoms with Crippen LogP contribution in [0.2, 0.25) is 0 Å². The highest BCUT2D eigenvalue weighted by Crippen LogP contribution is 2.24. The zero-order chi connectivity index (χ0) is 22.5. The second-order valence-corrected chi connectivity index (χ2v) is 8.11.